The minimum atomic E-state index is -0.822. The molecule has 0 fully saturated rings. The van der Waals surface area contributed by atoms with Crippen molar-refractivity contribution >= 4 is 29.1 Å². The van der Waals surface area contributed by atoms with E-state index >= 15 is 0 Å². The predicted octanol–water partition coefficient (Wildman–Crippen LogP) is 2.25. The number of thioether (sulfide) groups is 1. The quantitative estimate of drug-likeness (QED) is 0.536. The molecule has 1 aromatic heterocycles. The van der Waals surface area contributed by atoms with Crippen molar-refractivity contribution in [2.75, 3.05) is 12.3 Å². The van der Waals surface area contributed by atoms with Crippen LogP contribution < -0.4 is 5.32 Å². The number of hydrogen-bond acceptors (Lipinski definition) is 6. The van der Waals surface area contributed by atoms with E-state index in [9.17, 15) is 9.90 Å². The van der Waals surface area contributed by atoms with Gasteiger partial charge < -0.3 is 10.4 Å². The molecule has 2 N–H and O–H groups in total. The lowest BCUT2D eigenvalue weighted by Crippen LogP contribution is -2.49. The first-order valence-electron chi connectivity index (χ1n) is 5.96. The number of carboxylic acids is 1. The Morgan fingerprint density at radius 3 is 3.00 bits per heavy atom. The van der Waals surface area contributed by atoms with Crippen LogP contribution in [0.4, 0.5) is 0 Å². The number of aromatic nitrogens is 2. The van der Waals surface area contributed by atoms with E-state index in [1.165, 1.54) is 11.3 Å². The van der Waals surface area contributed by atoms with Gasteiger partial charge in [0.1, 0.15) is 11.0 Å². The summed E-state index contributed by atoms with van der Waals surface area (Å²) in [5, 5.41) is 20.1. The third-order valence-electron chi connectivity index (χ3n) is 2.62. The van der Waals surface area contributed by atoms with Crippen LogP contribution in [0.1, 0.15) is 33.1 Å². The lowest BCUT2D eigenvalue weighted by molar-refractivity contribution is -0.144. The average molecular weight is 289 g/mol. The topological polar surface area (TPSA) is 75.1 Å². The summed E-state index contributed by atoms with van der Waals surface area (Å²) >= 11 is 3.14. The fourth-order valence-electron chi connectivity index (χ4n) is 1.48. The SMILES string of the molecule is CCCNC(C)(CCCSc1nncs1)C(=O)O. The molecule has 1 unspecified atom stereocenters. The van der Waals surface area contributed by atoms with Crippen LogP contribution in [0, 0.1) is 0 Å². The van der Waals surface area contributed by atoms with Crippen molar-refractivity contribution in [1.29, 1.82) is 0 Å². The van der Waals surface area contributed by atoms with Crippen molar-refractivity contribution in [3.8, 4) is 0 Å². The van der Waals surface area contributed by atoms with Gasteiger partial charge in [0.2, 0.25) is 0 Å². The van der Waals surface area contributed by atoms with Gasteiger partial charge in [0.25, 0.3) is 0 Å². The Hall–Kier alpha value is -0.660. The minimum absolute atomic E-state index is 0.619. The van der Waals surface area contributed by atoms with Gasteiger partial charge in [-0.25, -0.2) is 0 Å². The number of nitrogens with zero attached hydrogens (tertiary/aromatic N) is 2. The van der Waals surface area contributed by atoms with Crippen LogP contribution in [0.25, 0.3) is 0 Å². The number of hydrogen-bond donors (Lipinski definition) is 2. The molecule has 1 aromatic rings. The van der Waals surface area contributed by atoms with E-state index in [2.05, 4.69) is 15.5 Å². The predicted molar refractivity (Wildman–Crippen MR) is 74.2 cm³/mol. The standard InChI is InChI=1S/C11H19N3O2S2/c1-3-6-12-11(2,9(15)16)5-4-7-17-10-14-13-8-18-10/h8,12H,3-7H2,1-2H3,(H,15,16). The fourth-order valence-corrected chi connectivity index (χ4v) is 2.98. The van der Waals surface area contributed by atoms with Crippen molar-refractivity contribution in [3.05, 3.63) is 5.51 Å². The van der Waals surface area contributed by atoms with E-state index in [0.717, 1.165) is 29.5 Å². The summed E-state index contributed by atoms with van der Waals surface area (Å²) < 4.78 is 0.938. The summed E-state index contributed by atoms with van der Waals surface area (Å²) in [5.74, 6) is 0.0863. The molecule has 1 atom stereocenters. The van der Waals surface area contributed by atoms with Crippen molar-refractivity contribution < 1.29 is 9.90 Å². The third-order valence-corrected chi connectivity index (χ3v) is 4.57. The minimum Gasteiger partial charge on any atom is -0.480 e. The molecule has 0 radical (unpaired) electrons. The number of carboxylic acid groups (broad SMARTS) is 1. The highest BCUT2D eigenvalue weighted by molar-refractivity contribution is 8.00. The molecular weight excluding hydrogens is 270 g/mol. The molecule has 0 aliphatic carbocycles. The molecule has 0 aliphatic heterocycles. The molecular formula is C11H19N3O2S2. The Bertz CT molecular complexity index is 359. The van der Waals surface area contributed by atoms with Crippen molar-refractivity contribution in [2.45, 2.75) is 43.0 Å². The average Bonchev–Trinajstić information content (AvgIpc) is 2.85. The molecule has 0 spiro atoms. The lowest BCUT2D eigenvalue weighted by Gasteiger charge is -2.26. The summed E-state index contributed by atoms with van der Waals surface area (Å²) in [6.45, 7) is 4.51. The Kier molecular flexibility index (Phi) is 6.59. The van der Waals surface area contributed by atoms with Crippen LogP contribution in [0.5, 0.6) is 0 Å². The first-order valence-corrected chi connectivity index (χ1v) is 7.82. The van der Waals surface area contributed by atoms with Gasteiger partial charge in [-0.1, -0.05) is 30.0 Å². The van der Waals surface area contributed by atoms with Crippen LogP contribution in [0.2, 0.25) is 0 Å². The lowest BCUT2D eigenvalue weighted by atomic mass is 9.96. The van der Waals surface area contributed by atoms with Gasteiger partial charge in [0.15, 0.2) is 4.34 Å². The smallest absolute Gasteiger partial charge is 0.323 e. The van der Waals surface area contributed by atoms with Gasteiger partial charge in [-0.05, 0) is 32.7 Å². The van der Waals surface area contributed by atoms with E-state index in [0.29, 0.717) is 6.42 Å². The van der Waals surface area contributed by atoms with E-state index in [-0.39, 0.29) is 0 Å². The Balaban J connectivity index is 2.31. The summed E-state index contributed by atoms with van der Waals surface area (Å²) in [7, 11) is 0. The number of carbonyl (C=O) groups is 1. The number of rotatable bonds is 9. The molecule has 7 heteroatoms. The van der Waals surface area contributed by atoms with Gasteiger partial charge >= 0.3 is 5.97 Å². The molecule has 18 heavy (non-hydrogen) atoms. The van der Waals surface area contributed by atoms with Gasteiger partial charge in [0, 0.05) is 5.75 Å². The summed E-state index contributed by atoms with van der Waals surface area (Å²) in [5.41, 5.74) is 0.879. The highest BCUT2D eigenvalue weighted by Crippen LogP contribution is 2.22. The molecule has 0 amide bonds. The van der Waals surface area contributed by atoms with Crippen molar-refractivity contribution in [3.63, 3.8) is 0 Å². The maximum absolute atomic E-state index is 11.3. The number of nitrogens with one attached hydrogen (secondary N) is 1. The van der Waals surface area contributed by atoms with Crippen molar-refractivity contribution in [1.82, 2.24) is 15.5 Å². The van der Waals surface area contributed by atoms with Gasteiger partial charge in [0.05, 0.1) is 0 Å². The van der Waals surface area contributed by atoms with E-state index in [4.69, 9.17) is 0 Å². The van der Waals surface area contributed by atoms with Crippen LogP contribution >= 0.6 is 23.1 Å². The van der Waals surface area contributed by atoms with E-state index < -0.39 is 11.5 Å². The fraction of sp³-hybridized carbons (Fsp3) is 0.727. The highest BCUT2D eigenvalue weighted by atomic mass is 32.2. The van der Waals surface area contributed by atoms with E-state index in [1.54, 1.807) is 24.2 Å². The molecule has 1 heterocycles. The van der Waals surface area contributed by atoms with Gasteiger partial charge in [-0.15, -0.1) is 10.2 Å². The summed E-state index contributed by atoms with van der Waals surface area (Å²) in [6.07, 6.45) is 2.39. The first kappa shape index (κ1) is 15.4. The highest BCUT2D eigenvalue weighted by Gasteiger charge is 2.31. The number of aliphatic carboxylic acids is 1. The van der Waals surface area contributed by atoms with Crippen LogP contribution in [0.3, 0.4) is 0 Å². The normalized spacial score (nSPS) is 14.3. The zero-order valence-corrected chi connectivity index (χ0v) is 12.3. The Morgan fingerprint density at radius 2 is 2.44 bits per heavy atom. The zero-order valence-electron chi connectivity index (χ0n) is 10.7. The van der Waals surface area contributed by atoms with Crippen LogP contribution in [-0.2, 0) is 4.79 Å². The Labute approximate surface area is 115 Å². The zero-order chi connectivity index (χ0) is 13.4. The summed E-state index contributed by atoms with van der Waals surface area (Å²) in [4.78, 5) is 11.3. The molecule has 1 rings (SSSR count). The van der Waals surface area contributed by atoms with Crippen molar-refractivity contribution in [2.24, 2.45) is 0 Å². The largest absolute Gasteiger partial charge is 0.480 e. The summed E-state index contributed by atoms with van der Waals surface area (Å²) in [6, 6.07) is 0. The second kappa shape index (κ2) is 7.70. The molecule has 0 aromatic carbocycles. The molecule has 0 bridgehead atoms. The second-order valence-corrected chi connectivity index (χ2v) is 6.40. The second-order valence-electron chi connectivity index (χ2n) is 4.22. The van der Waals surface area contributed by atoms with Gasteiger partial charge in [-0.2, -0.15) is 0 Å². The molecule has 0 aliphatic rings. The van der Waals surface area contributed by atoms with Crippen LogP contribution in [-0.4, -0.2) is 39.1 Å². The third kappa shape index (κ3) is 4.91. The maximum Gasteiger partial charge on any atom is 0.323 e. The first-order chi connectivity index (χ1) is 8.58. The monoisotopic (exact) mass is 289 g/mol. The Morgan fingerprint density at radius 1 is 1.67 bits per heavy atom. The molecule has 0 saturated heterocycles. The maximum atomic E-state index is 11.3. The molecule has 102 valence electrons. The van der Waals surface area contributed by atoms with Crippen LogP contribution in [0.15, 0.2) is 9.85 Å². The molecule has 0 saturated carbocycles. The van der Waals surface area contributed by atoms with Gasteiger partial charge in [-0.3, -0.25) is 4.79 Å². The van der Waals surface area contributed by atoms with E-state index in [1.807, 2.05) is 6.92 Å². The molecule has 5 nitrogen and oxygen atoms in total.